The van der Waals surface area contributed by atoms with Gasteiger partial charge in [0.25, 0.3) is 5.69 Å². The van der Waals surface area contributed by atoms with E-state index in [0.29, 0.717) is 18.9 Å². The van der Waals surface area contributed by atoms with E-state index in [9.17, 15) is 10.1 Å². The first-order chi connectivity index (χ1) is 8.19. The van der Waals surface area contributed by atoms with Crippen LogP contribution in [0.25, 0.3) is 0 Å². The van der Waals surface area contributed by atoms with Gasteiger partial charge in [-0.25, -0.2) is 0 Å². The molecule has 5 nitrogen and oxygen atoms in total. The van der Waals surface area contributed by atoms with Crippen molar-refractivity contribution in [1.82, 2.24) is 5.32 Å². The smallest absolute Gasteiger partial charge is 0.270 e. The minimum Gasteiger partial charge on any atom is -0.494 e. The molecule has 1 aromatic rings. The van der Waals surface area contributed by atoms with Gasteiger partial charge in [-0.2, -0.15) is 0 Å². The Morgan fingerprint density at radius 1 is 1.41 bits per heavy atom. The summed E-state index contributed by atoms with van der Waals surface area (Å²) in [7, 11) is 0. The molecule has 0 heterocycles. The fourth-order valence-electron chi connectivity index (χ4n) is 1.51. The maximum absolute atomic E-state index is 10.7. The summed E-state index contributed by atoms with van der Waals surface area (Å²) in [6, 6.07) is 4.69. The molecule has 0 saturated carbocycles. The predicted molar refractivity (Wildman–Crippen MR) is 66.3 cm³/mol. The van der Waals surface area contributed by atoms with E-state index in [0.717, 1.165) is 18.5 Å². The highest BCUT2D eigenvalue weighted by Crippen LogP contribution is 2.24. The highest BCUT2D eigenvalue weighted by Gasteiger charge is 2.11. The first kappa shape index (κ1) is 13.4. The van der Waals surface area contributed by atoms with Crippen molar-refractivity contribution in [1.29, 1.82) is 0 Å². The van der Waals surface area contributed by atoms with E-state index in [-0.39, 0.29) is 10.6 Å². The van der Waals surface area contributed by atoms with Crippen molar-refractivity contribution < 1.29 is 9.66 Å². The van der Waals surface area contributed by atoms with Gasteiger partial charge in [0.2, 0.25) is 0 Å². The number of nitrogens with one attached hydrogen (secondary N) is 1. The van der Waals surface area contributed by atoms with E-state index in [1.165, 1.54) is 6.07 Å². The fraction of sp³-hybridized carbons (Fsp3) is 0.500. The molecule has 0 unspecified atom stereocenters. The Balaban J connectivity index is 2.86. The summed E-state index contributed by atoms with van der Waals surface area (Å²) >= 11 is 0. The van der Waals surface area contributed by atoms with Gasteiger partial charge >= 0.3 is 0 Å². The van der Waals surface area contributed by atoms with Crippen LogP contribution in [0.15, 0.2) is 18.2 Å². The molecule has 0 spiro atoms. The lowest BCUT2D eigenvalue weighted by Crippen LogP contribution is -2.14. The van der Waals surface area contributed by atoms with Gasteiger partial charge in [-0.1, -0.05) is 6.92 Å². The van der Waals surface area contributed by atoms with Crippen molar-refractivity contribution >= 4 is 5.69 Å². The first-order valence-electron chi connectivity index (χ1n) is 5.79. The van der Waals surface area contributed by atoms with E-state index in [1.54, 1.807) is 12.1 Å². The third-order valence-electron chi connectivity index (χ3n) is 2.30. The molecule has 1 aromatic carbocycles. The van der Waals surface area contributed by atoms with Crippen LogP contribution < -0.4 is 10.1 Å². The zero-order valence-electron chi connectivity index (χ0n) is 10.2. The molecule has 0 aliphatic heterocycles. The molecule has 0 fully saturated rings. The molecule has 0 aliphatic carbocycles. The van der Waals surface area contributed by atoms with Crippen molar-refractivity contribution in [3.05, 3.63) is 33.9 Å². The molecule has 0 amide bonds. The zero-order chi connectivity index (χ0) is 12.7. The molecule has 94 valence electrons. The van der Waals surface area contributed by atoms with Crippen molar-refractivity contribution in [3.63, 3.8) is 0 Å². The number of nitro benzene ring substituents is 1. The van der Waals surface area contributed by atoms with Crippen LogP contribution in [0.2, 0.25) is 0 Å². The second-order valence-electron chi connectivity index (χ2n) is 3.66. The third kappa shape index (κ3) is 4.03. The van der Waals surface area contributed by atoms with Crippen LogP contribution >= 0.6 is 0 Å². The SMILES string of the molecule is CCCNCc1cc([N+](=O)[O-])ccc1OCC. The number of benzene rings is 1. The monoisotopic (exact) mass is 238 g/mol. The Kier molecular flexibility index (Phi) is 5.42. The molecule has 1 rings (SSSR count). The molecule has 17 heavy (non-hydrogen) atoms. The molecule has 0 saturated heterocycles. The Morgan fingerprint density at radius 2 is 2.18 bits per heavy atom. The van der Waals surface area contributed by atoms with E-state index in [4.69, 9.17) is 4.74 Å². The van der Waals surface area contributed by atoms with Gasteiger partial charge in [0.05, 0.1) is 11.5 Å². The minimum absolute atomic E-state index is 0.0988. The Hall–Kier alpha value is -1.62. The number of nitro groups is 1. The van der Waals surface area contributed by atoms with Gasteiger partial charge in [-0.3, -0.25) is 10.1 Å². The molecule has 5 heteroatoms. The normalized spacial score (nSPS) is 10.2. The standard InChI is InChI=1S/C12H18N2O3/c1-3-7-13-9-10-8-11(14(15)16)5-6-12(10)17-4-2/h5-6,8,13H,3-4,7,9H2,1-2H3. The summed E-state index contributed by atoms with van der Waals surface area (Å²) in [6.45, 7) is 5.99. The lowest BCUT2D eigenvalue weighted by molar-refractivity contribution is -0.384. The lowest BCUT2D eigenvalue weighted by atomic mass is 10.1. The molecule has 0 aromatic heterocycles. The summed E-state index contributed by atoms with van der Waals surface area (Å²) < 4.78 is 5.44. The van der Waals surface area contributed by atoms with Gasteiger partial charge in [-0.05, 0) is 26.0 Å². The molecular formula is C12H18N2O3. The van der Waals surface area contributed by atoms with Crippen molar-refractivity contribution in [2.45, 2.75) is 26.8 Å². The highest BCUT2D eigenvalue weighted by molar-refractivity contribution is 5.43. The van der Waals surface area contributed by atoms with E-state index >= 15 is 0 Å². The van der Waals surface area contributed by atoms with Crippen LogP contribution in [0, 0.1) is 10.1 Å². The second kappa shape index (κ2) is 6.85. The Morgan fingerprint density at radius 3 is 2.76 bits per heavy atom. The third-order valence-corrected chi connectivity index (χ3v) is 2.30. The molecule has 0 radical (unpaired) electrons. The zero-order valence-corrected chi connectivity index (χ0v) is 10.2. The Labute approximate surface area is 101 Å². The number of ether oxygens (including phenoxy) is 1. The van der Waals surface area contributed by atoms with Crippen LogP contribution in [0.4, 0.5) is 5.69 Å². The van der Waals surface area contributed by atoms with Crippen molar-refractivity contribution in [2.24, 2.45) is 0 Å². The average Bonchev–Trinajstić information content (AvgIpc) is 2.31. The maximum Gasteiger partial charge on any atom is 0.270 e. The van der Waals surface area contributed by atoms with Crippen molar-refractivity contribution in [2.75, 3.05) is 13.2 Å². The van der Waals surface area contributed by atoms with Gasteiger partial charge in [-0.15, -0.1) is 0 Å². The van der Waals surface area contributed by atoms with Crippen molar-refractivity contribution in [3.8, 4) is 5.75 Å². The lowest BCUT2D eigenvalue weighted by Gasteiger charge is -2.10. The van der Waals surface area contributed by atoms with E-state index < -0.39 is 0 Å². The highest BCUT2D eigenvalue weighted by atomic mass is 16.6. The van der Waals surface area contributed by atoms with Crippen LogP contribution in [0.1, 0.15) is 25.8 Å². The van der Waals surface area contributed by atoms with Gasteiger partial charge in [0.15, 0.2) is 0 Å². The van der Waals surface area contributed by atoms with Gasteiger partial charge < -0.3 is 10.1 Å². The topological polar surface area (TPSA) is 64.4 Å². The average molecular weight is 238 g/mol. The van der Waals surface area contributed by atoms with E-state index in [2.05, 4.69) is 12.2 Å². The molecule has 0 bridgehead atoms. The van der Waals surface area contributed by atoms with Crippen LogP contribution in [0.3, 0.4) is 0 Å². The predicted octanol–water partition coefficient (Wildman–Crippen LogP) is 2.49. The molecule has 1 N–H and O–H groups in total. The summed E-state index contributed by atoms with van der Waals surface area (Å²) in [5.41, 5.74) is 0.927. The number of hydrogen-bond acceptors (Lipinski definition) is 4. The number of nitrogens with zero attached hydrogens (tertiary/aromatic N) is 1. The molecule has 0 aliphatic rings. The molecule has 0 atom stereocenters. The van der Waals surface area contributed by atoms with Gasteiger partial charge in [0.1, 0.15) is 5.75 Å². The fourth-order valence-corrected chi connectivity index (χ4v) is 1.51. The minimum atomic E-state index is -0.390. The summed E-state index contributed by atoms with van der Waals surface area (Å²) in [6.07, 6.45) is 1.03. The number of hydrogen-bond donors (Lipinski definition) is 1. The number of rotatable bonds is 7. The molecular weight excluding hydrogens is 220 g/mol. The second-order valence-corrected chi connectivity index (χ2v) is 3.66. The quantitative estimate of drug-likeness (QED) is 0.450. The van der Waals surface area contributed by atoms with E-state index in [1.807, 2.05) is 6.92 Å². The summed E-state index contributed by atoms with van der Waals surface area (Å²) in [5.74, 6) is 0.710. The number of non-ortho nitro benzene ring substituents is 1. The Bertz CT molecular complexity index is 380. The maximum atomic E-state index is 10.7. The van der Waals surface area contributed by atoms with Gasteiger partial charge in [0, 0.05) is 24.2 Å². The van der Waals surface area contributed by atoms with Crippen LogP contribution in [-0.2, 0) is 6.54 Å². The van der Waals surface area contributed by atoms with Crippen LogP contribution in [0.5, 0.6) is 5.75 Å². The summed E-state index contributed by atoms with van der Waals surface area (Å²) in [5, 5.41) is 13.9. The first-order valence-corrected chi connectivity index (χ1v) is 5.79. The summed E-state index contributed by atoms with van der Waals surface area (Å²) in [4.78, 5) is 10.3. The van der Waals surface area contributed by atoms with Crippen LogP contribution in [-0.4, -0.2) is 18.1 Å². The largest absolute Gasteiger partial charge is 0.494 e.